The normalized spacial score (nSPS) is 11.2. The van der Waals surface area contributed by atoms with Crippen molar-refractivity contribution in [1.82, 2.24) is 0 Å². The van der Waals surface area contributed by atoms with E-state index in [2.05, 4.69) is 0 Å². The SMILES string of the molecule is O=C(Cl)N(CSC(F)(F)F)c1ccccc1. The fraction of sp³-hybridized carbons (Fsp3) is 0.222. The van der Waals surface area contributed by atoms with Gasteiger partial charge >= 0.3 is 10.9 Å². The van der Waals surface area contributed by atoms with Gasteiger partial charge in [0.25, 0.3) is 0 Å². The largest absolute Gasteiger partial charge is 0.443 e. The Hall–Kier alpha value is -0.880. The first-order chi connectivity index (χ1) is 7.40. The Morgan fingerprint density at radius 3 is 2.31 bits per heavy atom. The minimum absolute atomic E-state index is 0.315. The maximum absolute atomic E-state index is 12.0. The third-order valence-corrected chi connectivity index (χ3v) is 2.56. The van der Waals surface area contributed by atoms with E-state index in [1.165, 1.54) is 12.1 Å². The first kappa shape index (κ1) is 13.2. The van der Waals surface area contributed by atoms with Crippen LogP contribution in [0.2, 0.25) is 0 Å². The van der Waals surface area contributed by atoms with Crippen LogP contribution in [0.5, 0.6) is 0 Å². The van der Waals surface area contributed by atoms with Crippen molar-refractivity contribution in [1.29, 1.82) is 0 Å². The predicted octanol–water partition coefficient (Wildman–Crippen LogP) is 4.06. The molecule has 0 saturated heterocycles. The van der Waals surface area contributed by atoms with Crippen LogP contribution in [0.3, 0.4) is 0 Å². The number of alkyl halides is 3. The van der Waals surface area contributed by atoms with Crippen LogP contribution in [0.1, 0.15) is 0 Å². The van der Waals surface area contributed by atoms with Crippen LogP contribution in [-0.4, -0.2) is 16.8 Å². The summed E-state index contributed by atoms with van der Waals surface area (Å²) in [5, 5.41) is -0.942. The fourth-order valence-electron chi connectivity index (χ4n) is 0.972. The second-order valence-corrected chi connectivity index (χ2v) is 4.07. The molecule has 0 bridgehead atoms. The lowest BCUT2D eigenvalue weighted by molar-refractivity contribution is -0.0327. The Balaban J connectivity index is 2.74. The van der Waals surface area contributed by atoms with Gasteiger partial charge in [-0.1, -0.05) is 18.2 Å². The van der Waals surface area contributed by atoms with Crippen molar-refractivity contribution in [2.75, 3.05) is 10.8 Å². The van der Waals surface area contributed by atoms with Crippen molar-refractivity contribution in [2.24, 2.45) is 0 Å². The Labute approximate surface area is 99.4 Å². The first-order valence-electron chi connectivity index (χ1n) is 4.13. The van der Waals surface area contributed by atoms with Crippen molar-refractivity contribution in [3.05, 3.63) is 30.3 Å². The van der Waals surface area contributed by atoms with Gasteiger partial charge in [0.1, 0.15) is 0 Å². The van der Waals surface area contributed by atoms with Gasteiger partial charge in [-0.05, 0) is 35.5 Å². The molecule has 1 aromatic rings. The minimum atomic E-state index is -4.39. The summed E-state index contributed by atoms with van der Waals surface area (Å²) in [4.78, 5) is 11.8. The highest BCUT2D eigenvalue weighted by atomic mass is 35.5. The molecule has 0 heterocycles. The number of anilines is 1. The molecule has 0 aromatic heterocycles. The third-order valence-electron chi connectivity index (χ3n) is 1.64. The van der Waals surface area contributed by atoms with Gasteiger partial charge in [0.15, 0.2) is 0 Å². The van der Waals surface area contributed by atoms with Gasteiger partial charge in [-0.15, -0.1) is 0 Å². The number of nitrogens with zero attached hydrogens (tertiary/aromatic N) is 1. The van der Waals surface area contributed by atoms with Crippen LogP contribution in [0, 0.1) is 0 Å². The zero-order chi connectivity index (χ0) is 12.2. The van der Waals surface area contributed by atoms with Crippen molar-refractivity contribution in [3.63, 3.8) is 0 Å². The van der Waals surface area contributed by atoms with Crippen LogP contribution in [0.25, 0.3) is 0 Å². The summed E-state index contributed by atoms with van der Waals surface area (Å²) < 4.78 is 35.9. The lowest BCUT2D eigenvalue weighted by atomic mass is 10.3. The predicted molar refractivity (Wildman–Crippen MR) is 58.7 cm³/mol. The molecule has 0 saturated carbocycles. The number of benzene rings is 1. The molecule has 7 heteroatoms. The Kier molecular flexibility index (Phi) is 4.49. The summed E-state index contributed by atoms with van der Waals surface area (Å²) in [5.41, 5.74) is -4.06. The molecule has 0 N–H and O–H groups in total. The number of para-hydroxylation sites is 1. The number of carbonyl (C=O) groups excluding carboxylic acids is 1. The Morgan fingerprint density at radius 1 is 1.31 bits per heavy atom. The molecular weight excluding hydrogens is 263 g/mol. The van der Waals surface area contributed by atoms with E-state index in [9.17, 15) is 18.0 Å². The fourth-order valence-corrected chi connectivity index (χ4v) is 1.74. The zero-order valence-corrected chi connectivity index (χ0v) is 9.44. The molecule has 16 heavy (non-hydrogen) atoms. The molecule has 0 aliphatic heterocycles. The van der Waals surface area contributed by atoms with Gasteiger partial charge in [-0.2, -0.15) is 13.2 Å². The van der Waals surface area contributed by atoms with E-state index in [4.69, 9.17) is 11.6 Å². The number of amides is 1. The molecule has 1 rings (SSSR count). The molecule has 88 valence electrons. The van der Waals surface area contributed by atoms with Crippen molar-refractivity contribution in [2.45, 2.75) is 5.51 Å². The van der Waals surface area contributed by atoms with Crippen LogP contribution >= 0.6 is 23.4 Å². The summed E-state index contributed by atoms with van der Waals surface area (Å²) in [6.45, 7) is 0. The van der Waals surface area contributed by atoms with Crippen LogP contribution in [-0.2, 0) is 0 Å². The highest BCUT2D eigenvalue weighted by Gasteiger charge is 2.30. The van der Waals surface area contributed by atoms with E-state index in [1.807, 2.05) is 0 Å². The molecule has 0 radical (unpaired) electrons. The van der Waals surface area contributed by atoms with Gasteiger partial charge in [0.05, 0.1) is 5.88 Å². The molecule has 0 spiro atoms. The lowest BCUT2D eigenvalue weighted by Crippen LogP contribution is -2.26. The molecular formula is C9H7ClF3NOS. The highest BCUT2D eigenvalue weighted by Crippen LogP contribution is 2.32. The molecule has 0 atom stereocenters. The highest BCUT2D eigenvalue weighted by molar-refractivity contribution is 8.00. The van der Waals surface area contributed by atoms with Gasteiger partial charge in [-0.25, -0.2) is 0 Å². The molecule has 0 aliphatic rings. The van der Waals surface area contributed by atoms with Crippen molar-refractivity contribution < 1.29 is 18.0 Å². The molecule has 1 amide bonds. The maximum Gasteiger partial charge on any atom is 0.443 e. The zero-order valence-electron chi connectivity index (χ0n) is 7.87. The number of thioether (sulfide) groups is 1. The van der Waals surface area contributed by atoms with E-state index in [0.717, 1.165) is 4.90 Å². The second kappa shape index (κ2) is 5.45. The summed E-state index contributed by atoms with van der Waals surface area (Å²) in [5.74, 6) is -0.560. The monoisotopic (exact) mass is 269 g/mol. The van der Waals surface area contributed by atoms with Gasteiger partial charge in [0.2, 0.25) is 0 Å². The standard InChI is InChI=1S/C9H7ClF3NOS/c10-8(15)14(6-16-9(11,12)13)7-4-2-1-3-5-7/h1-5H,6H2. The van der Waals surface area contributed by atoms with E-state index in [0.29, 0.717) is 5.69 Å². The third kappa shape index (κ3) is 4.32. The van der Waals surface area contributed by atoms with E-state index in [1.54, 1.807) is 18.2 Å². The van der Waals surface area contributed by atoms with Gasteiger partial charge in [-0.3, -0.25) is 9.69 Å². The minimum Gasteiger partial charge on any atom is -0.289 e. The van der Waals surface area contributed by atoms with Crippen molar-refractivity contribution in [3.8, 4) is 0 Å². The molecule has 2 nitrogen and oxygen atoms in total. The number of halogens is 4. The van der Waals surface area contributed by atoms with Crippen LogP contribution < -0.4 is 4.90 Å². The van der Waals surface area contributed by atoms with E-state index < -0.39 is 16.8 Å². The molecule has 0 unspecified atom stereocenters. The summed E-state index contributed by atoms with van der Waals surface area (Å²) >= 11 is 4.90. The summed E-state index contributed by atoms with van der Waals surface area (Å²) in [6, 6.07) is 7.94. The Bertz CT molecular complexity index is 358. The Morgan fingerprint density at radius 2 is 1.88 bits per heavy atom. The van der Waals surface area contributed by atoms with Crippen LogP contribution in [0.4, 0.5) is 23.7 Å². The number of hydrogen-bond donors (Lipinski definition) is 0. The van der Waals surface area contributed by atoms with Crippen LogP contribution in [0.15, 0.2) is 30.3 Å². The van der Waals surface area contributed by atoms with E-state index in [-0.39, 0.29) is 11.8 Å². The topological polar surface area (TPSA) is 20.3 Å². The summed E-state index contributed by atoms with van der Waals surface area (Å²) in [6.07, 6.45) is 0. The molecule has 0 aliphatic carbocycles. The van der Waals surface area contributed by atoms with Gasteiger partial charge in [0, 0.05) is 5.69 Å². The van der Waals surface area contributed by atoms with Crippen molar-refractivity contribution >= 4 is 34.4 Å². The van der Waals surface area contributed by atoms with Gasteiger partial charge < -0.3 is 0 Å². The number of rotatable bonds is 3. The molecule has 1 aromatic carbocycles. The molecule has 0 fully saturated rings. The smallest absolute Gasteiger partial charge is 0.289 e. The average Bonchev–Trinajstić information content (AvgIpc) is 2.17. The van der Waals surface area contributed by atoms with E-state index >= 15 is 0 Å². The number of hydrogen-bond acceptors (Lipinski definition) is 2. The average molecular weight is 270 g/mol. The lowest BCUT2D eigenvalue weighted by Gasteiger charge is -2.19. The first-order valence-corrected chi connectivity index (χ1v) is 5.49. The quantitative estimate of drug-likeness (QED) is 0.468. The number of carbonyl (C=O) groups is 1. The maximum atomic E-state index is 12.0. The second-order valence-electron chi connectivity index (χ2n) is 2.74. The summed E-state index contributed by atoms with van der Waals surface area (Å²) in [7, 11) is 0.